The zero-order valence-electron chi connectivity index (χ0n) is 17.1. The summed E-state index contributed by atoms with van der Waals surface area (Å²) < 4.78 is 31.1. The Bertz CT molecular complexity index is 963. The molecule has 0 aliphatic heterocycles. The molecule has 29 heavy (non-hydrogen) atoms. The molecule has 6 nitrogen and oxygen atoms in total. The third-order valence-corrected chi connectivity index (χ3v) is 6.26. The molecule has 2 rings (SSSR count). The average Bonchev–Trinajstić information content (AvgIpc) is 2.67. The molecular formula is C21H27ClN2O4S. The van der Waals surface area contributed by atoms with Gasteiger partial charge in [0.1, 0.15) is 11.8 Å². The van der Waals surface area contributed by atoms with Gasteiger partial charge < -0.3 is 10.1 Å². The number of amides is 1. The van der Waals surface area contributed by atoms with Crippen molar-refractivity contribution in [2.24, 2.45) is 0 Å². The van der Waals surface area contributed by atoms with E-state index in [0.29, 0.717) is 23.7 Å². The maximum absolute atomic E-state index is 12.6. The minimum absolute atomic E-state index is 0.361. The van der Waals surface area contributed by atoms with Crippen LogP contribution in [0.4, 0.5) is 5.69 Å². The number of anilines is 1. The standard InChI is InChI=1S/C21H27ClN2O4S/c1-15-11-12-18(14-19(15)22)24(29(4,26)27)16(2)21(25)23-13-7-9-17-8-5-6-10-20(17)28-3/h5-6,8,10-12,14,16H,7,9,13H2,1-4H3,(H,23,25)/t16-/m0/s1. The number of nitrogens with zero attached hydrogens (tertiary/aromatic N) is 1. The Kier molecular flexibility index (Phi) is 7.93. The third-order valence-electron chi connectivity index (χ3n) is 4.61. The van der Waals surface area contributed by atoms with E-state index in [1.54, 1.807) is 32.2 Å². The van der Waals surface area contributed by atoms with Crippen LogP contribution in [0.3, 0.4) is 0 Å². The van der Waals surface area contributed by atoms with E-state index in [4.69, 9.17) is 16.3 Å². The van der Waals surface area contributed by atoms with Gasteiger partial charge in [-0.25, -0.2) is 8.42 Å². The summed E-state index contributed by atoms with van der Waals surface area (Å²) in [4.78, 5) is 12.6. The summed E-state index contributed by atoms with van der Waals surface area (Å²) in [6, 6.07) is 11.8. The normalized spacial score (nSPS) is 12.3. The fourth-order valence-corrected chi connectivity index (χ4v) is 4.42. The van der Waals surface area contributed by atoms with E-state index < -0.39 is 16.1 Å². The van der Waals surface area contributed by atoms with Crippen LogP contribution >= 0.6 is 11.6 Å². The SMILES string of the molecule is COc1ccccc1CCCNC(=O)[C@H](C)N(c1ccc(C)c(Cl)c1)S(C)(=O)=O. The van der Waals surface area contributed by atoms with Gasteiger partial charge in [-0.1, -0.05) is 35.9 Å². The number of rotatable bonds is 9. The quantitative estimate of drug-likeness (QED) is 0.607. The Morgan fingerprint density at radius 1 is 1.24 bits per heavy atom. The third kappa shape index (κ3) is 6.11. The van der Waals surface area contributed by atoms with Crippen molar-refractivity contribution in [2.75, 3.05) is 24.2 Å². The Morgan fingerprint density at radius 3 is 2.55 bits per heavy atom. The Balaban J connectivity index is 2.03. The van der Waals surface area contributed by atoms with Gasteiger partial charge in [0.25, 0.3) is 0 Å². The fraction of sp³-hybridized carbons (Fsp3) is 0.381. The molecule has 0 saturated carbocycles. The highest BCUT2D eigenvalue weighted by atomic mass is 35.5. The van der Waals surface area contributed by atoms with E-state index in [9.17, 15) is 13.2 Å². The minimum Gasteiger partial charge on any atom is -0.496 e. The minimum atomic E-state index is -3.68. The van der Waals surface area contributed by atoms with Gasteiger partial charge in [-0.3, -0.25) is 9.10 Å². The topological polar surface area (TPSA) is 75.7 Å². The molecule has 0 spiro atoms. The van der Waals surface area contributed by atoms with Crippen LogP contribution in [-0.4, -0.2) is 40.3 Å². The number of sulfonamides is 1. The van der Waals surface area contributed by atoms with Crippen molar-refractivity contribution in [3.63, 3.8) is 0 Å². The van der Waals surface area contributed by atoms with Crippen molar-refractivity contribution in [2.45, 2.75) is 32.7 Å². The number of benzene rings is 2. The van der Waals surface area contributed by atoms with E-state index in [2.05, 4.69) is 5.32 Å². The Hall–Kier alpha value is -2.25. The maximum atomic E-state index is 12.6. The predicted octanol–water partition coefficient (Wildman–Crippen LogP) is 3.56. The van der Waals surface area contributed by atoms with Crippen molar-refractivity contribution in [3.05, 3.63) is 58.6 Å². The summed E-state index contributed by atoms with van der Waals surface area (Å²) >= 11 is 6.15. The smallest absolute Gasteiger partial charge is 0.243 e. The number of hydrogen-bond acceptors (Lipinski definition) is 4. The zero-order chi connectivity index (χ0) is 21.6. The molecule has 0 bridgehead atoms. The van der Waals surface area contributed by atoms with E-state index in [-0.39, 0.29) is 5.91 Å². The van der Waals surface area contributed by atoms with E-state index in [0.717, 1.165) is 33.9 Å². The second-order valence-electron chi connectivity index (χ2n) is 6.87. The van der Waals surface area contributed by atoms with Crippen LogP contribution in [0.5, 0.6) is 5.75 Å². The molecule has 2 aromatic carbocycles. The second-order valence-corrected chi connectivity index (χ2v) is 9.14. The fourth-order valence-electron chi connectivity index (χ4n) is 3.08. The molecule has 158 valence electrons. The van der Waals surface area contributed by atoms with E-state index in [1.165, 1.54) is 0 Å². The van der Waals surface area contributed by atoms with E-state index in [1.807, 2.05) is 31.2 Å². The van der Waals surface area contributed by atoms with Crippen molar-refractivity contribution in [3.8, 4) is 5.75 Å². The van der Waals surface area contributed by atoms with Gasteiger partial charge in [-0.2, -0.15) is 0 Å². The number of hydrogen-bond donors (Lipinski definition) is 1. The first-order valence-electron chi connectivity index (χ1n) is 9.30. The van der Waals surface area contributed by atoms with Crippen LogP contribution in [0.1, 0.15) is 24.5 Å². The molecule has 0 aliphatic carbocycles. The van der Waals surface area contributed by atoms with Gasteiger partial charge in [0, 0.05) is 11.6 Å². The number of nitrogens with one attached hydrogen (secondary N) is 1. The van der Waals surface area contributed by atoms with Gasteiger partial charge in [-0.05, 0) is 56.0 Å². The molecule has 0 saturated heterocycles. The Labute approximate surface area is 177 Å². The van der Waals surface area contributed by atoms with Crippen LogP contribution in [0.15, 0.2) is 42.5 Å². The molecule has 0 unspecified atom stereocenters. The molecule has 1 N–H and O–H groups in total. The monoisotopic (exact) mass is 438 g/mol. The summed E-state index contributed by atoms with van der Waals surface area (Å²) in [6.45, 7) is 3.81. The number of halogens is 1. The number of methoxy groups -OCH3 is 1. The summed E-state index contributed by atoms with van der Waals surface area (Å²) in [6.07, 6.45) is 2.52. The molecule has 2 aromatic rings. The van der Waals surface area contributed by atoms with Crippen LogP contribution in [0.25, 0.3) is 0 Å². The van der Waals surface area contributed by atoms with Crippen LogP contribution in [-0.2, 0) is 21.2 Å². The van der Waals surface area contributed by atoms with Crippen LogP contribution in [0, 0.1) is 6.92 Å². The lowest BCUT2D eigenvalue weighted by atomic mass is 10.1. The van der Waals surface area contributed by atoms with Crippen molar-refractivity contribution in [1.29, 1.82) is 0 Å². The molecule has 1 atom stereocenters. The zero-order valence-corrected chi connectivity index (χ0v) is 18.7. The summed E-state index contributed by atoms with van der Waals surface area (Å²) in [5.41, 5.74) is 2.25. The first-order valence-corrected chi connectivity index (χ1v) is 11.5. The van der Waals surface area contributed by atoms with Crippen molar-refractivity contribution < 1.29 is 17.9 Å². The van der Waals surface area contributed by atoms with Crippen LogP contribution < -0.4 is 14.4 Å². The lowest BCUT2D eigenvalue weighted by molar-refractivity contribution is -0.121. The number of carbonyl (C=O) groups excluding carboxylic acids is 1. The van der Waals surface area contributed by atoms with Gasteiger partial charge in [-0.15, -0.1) is 0 Å². The molecule has 1 amide bonds. The molecule has 0 fully saturated rings. The number of para-hydroxylation sites is 1. The maximum Gasteiger partial charge on any atom is 0.243 e. The van der Waals surface area contributed by atoms with Gasteiger partial charge in [0.05, 0.1) is 19.1 Å². The summed E-state index contributed by atoms with van der Waals surface area (Å²) in [5.74, 6) is 0.443. The molecule has 8 heteroatoms. The predicted molar refractivity (Wildman–Crippen MR) is 117 cm³/mol. The molecule has 0 heterocycles. The number of ether oxygens (including phenoxy) is 1. The van der Waals surface area contributed by atoms with Gasteiger partial charge in [0.2, 0.25) is 15.9 Å². The van der Waals surface area contributed by atoms with Gasteiger partial charge >= 0.3 is 0 Å². The second kappa shape index (κ2) is 9.98. The van der Waals surface area contributed by atoms with Crippen LogP contribution in [0.2, 0.25) is 5.02 Å². The molecule has 0 aliphatic rings. The average molecular weight is 439 g/mol. The molecule has 0 aromatic heterocycles. The first-order chi connectivity index (χ1) is 13.6. The molecular weight excluding hydrogens is 412 g/mol. The highest BCUT2D eigenvalue weighted by molar-refractivity contribution is 7.92. The summed E-state index contributed by atoms with van der Waals surface area (Å²) in [7, 11) is -2.05. The Morgan fingerprint density at radius 2 is 1.93 bits per heavy atom. The highest BCUT2D eigenvalue weighted by Crippen LogP contribution is 2.26. The largest absolute Gasteiger partial charge is 0.496 e. The van der Waals surface area contributed by atoms with E-state index >= 15 is 0 Å². The summed E-state index contributed by atoms with van der Waals surface area (Å²) in [5, 5.41) is 3.26. The lowest BCUT2D eigenvalue weighted by Gasteiger charge is -2.28. The highest BCUT2D eigenvalue weighted by Gasteiger charge is 2.29. The lowest BCUT2D eigenvalue weighted by Crippen LogP contribution is -2.48. The van der Waals surface area contributed by atoms with Crippen molar-refractivity contribution >= 4 is 33.2 Å². The van der Waals surface area contributed by atoms with Gasteiger partial charge in [0.15, 0.2) is 0 Å². The van der Waals surface area contributed by atoms with Crippen molar-refractivity contribution in [1.82, 2.24) is 5.32 Å². The number of carbonyl (C=O) groups is 1. The molecule has 0 radical (unpaired) electrons. The first kappa shape index (κ1) is 23.0. The number of aryl methyl sites for hydroxylation is 2.